The molecule has 0 radical (unpaired) electrons. The van der Waals surface area contributed by atoms with Crippen LogP contribution in [0.15, 0.2) is 18.2 Å². The van der Waals surface area contributed by atoms with E-state index in [1.54, 1.807) is 0 Å². The van der Waals surface area contributed by atoms with Crippen LogP contribution in [0.25, 0.3) is 0 Å². The summed E-state index contributed by atoms with van der Waals surface area (Å²) in [4.78, 5) is 0. The van der Waals surface area contributed by atoms with Gasteiger partial charge in [-0.05, 0) is 23.6 Å². The molecule has 0 saturated carbocycles. The summed E-state index contributed by atoms with van der Waals surface area (Å²) in [6.07, 6.45) is -1.15. The Bertz CT molecular complexity index is 368. The molecule has 1 aromatic rings. The Balaban J connectivity index is 2.10. The van der Waals surface area contributed by atoms with Crippen molar-refractivity contribution in [1.29, 1.82) is 0 Å². The molecule has 0 bridgehead atoms. The van der Waals surface area contributed by atoms with Crippen molar-refractivity contribution in [3.8, 4) is 5.75 Å². The van der Waals surface area contributed by atoms with E-state index in [2.05, 4.69) is 0 Å². The van der Waals surface area contributed by atoms with Crippen LogP contribution in [0.2, 0.25) is 0 Å². The number of alkyl halides is 2. The molecule has 0 amide bonds. The summed E-state index contributed by atoms with van der Waals surface area (Å²) in [5.74, 6) is 0.130. The highest BCUT2D eigenvalue weighted by molar-refractivity contribution is 5.39. The lowest BCUT2D eigenvalue weighted by Gasteiger charge is -2.13. The minimum atomic E-state index is -2.35. The largest absolute Gasteiger partial charge is 0.493 e. The van der Waals surface area contributed by atoms with Gasteiger partial charge in [0.05, 0.1) is 6.61 Å². The Kier molecular flexibility index (Phi) is 3.39. The number of halogens is 2. The standard InChI is InChI=1S/C12H15F2NO/c13-12(14)10(7-15)6-8-1-2-11-9(5-8)3-4-16-11/h1-2,5,10,12H,3-4,6-7,15H2. The fraction of sp³-hybridized carbons (Fsp3) is 0.500. The number of hydrogen-bond donors (Lipinski definition) is 1. The zero-order valence-electron chi connectivity index (χ0n) is 8.96. The van der Waals surface area contributed by atoms with E-state index in [0.717, 1.165) is 23.3 Å². The van der Waals surface area contributed by atoms with Crippen molar-refractivity contribution in [3.05, 3.63) is 29.3 Å². The van der Waals surface area contributed by atoms with Gasteiger partial charge in [0.25, 0.3) is 0 Å². The molecule has 2 N–H and O–H groups in total. The molecule has 1 aromatic carbocycles. The normalized spacial score (nSPS) is 16.0. The van der Waals surface area contributed by atoms with E-state index in [1.165, 1.54) is 0 Å². The molecule has 88 valence electrons. The molecule has 2 rings (SSSR count). The molecule has 0 aliphatic carbocycles. The maximum Gasteiger partial charge on any atom is 0.242 e. The Hall–Kier alpha value is -1.16. The number of nitrogens with two attached hydrogens (primary N) is 1. The van der Waals surface area contributed by atoms with Gasteiger partial charge in [-0.1, -0.05) is 12.1 Å². The van der Waals surface area contributed by atoms with Gasteiger partial charge in [-0.3, -0.25) is 0 Å². The molecule has 4 heteroatoms. The molecule has 2 nitrogen and oxygen atoms in total. The van der Waals surface area contributed by atoms with Crippen LogP contribution in [0.3, 0.4) is 0 Å². The van der Waals surface area contributed by atoms with Gasteiger partial charge in [0.15, 0.2) is 0 Å². The highest BCUT2D eigenvalue weighted by Gasteiger charge is 2.20. The van der Waals surface area contributed by atoms with E-state index >= 15 is 0 Å². The van der Waals surface area contributed by atoms with Crippen molar-refractivity contribution >= 4 is 0 Å². The first-order valence-corrected chi connectivity index (χ1v) is 5.43. The minimum Gasteiger partial charge on any atom is -0.493 e. The van der Waals surface area contributed by atoms with Crippen LogP contribution in [0.4, 0.5) is 8.78 Å². The predicted molar refractivity (Wildman–Crippen MR) is 57.9 cm³/mol. The quantitative estimate of drug-likeness (QED) is 0.853. The number of ether oxygens (including phenoxy) is 1. The molecular formula is C12H15F2NO. The first-order chi connectivity index (χ1) is 7.70. The van der Waals surface area contributed by atoms with Crippen LogP contribution in [0.5, 0.6) is 5.75 Å². The van der Waals surface area contributed by atoms with E-state index < -0.39 is 12.3 Å². The van der Waals surface area contributed by atoms with E-state index in [4.69, 9.17) is 10.5 Å². The van der Waals surface area contributed by atoms with E-state index in [1.807, 2.05) is 18.2 Å². The van der Waals surface area contributed by atoms with Crippen LogP contribution in [0.1, 0.15) is 11.1 Å². The lowest BCUT2D eigenvalue weighted by Crippen LogP contribution is -2.24. The zero-order chi connectivity index (χ0) is 11.5. The van der Waals surface area contributed by atoms with Gasteiger partial charge in [-0.15, -0.1) is 0 Å². The van der Waals surface area contributed by atoms with Gasteiger partial charge in [0, 0.05) is 18.9 Å². The smallest absolute Gasteiger partial charge is 0.242 e. The fourth-order valence-electron chi connectivity index (χ4n) is 1.94. The molecule has 1 atom stereocenters. The minimum absolute atomic E-state index is 0.0191. The summed E-state index contributed by atoms with van der Waals surface area (Å²) in [7, 11) is 0. The Morgan fingerprint density at radius 3 is 2.88 bits per heavy atom. The molecular weight excluding hydrogens is 212 g/mol. The average molecular weight is 227 g/mol. The molecule has 1 aliphatic rings. The summed E-state index contributed by atoms with van der Waals surface area (Å²) in [6.45, 7) is 0.708. The van der Waals surface area contributed by atoms with E-state index in [9.17, 15) is 8.78 Å². The molecule has 16 heavy (non-hydrogen) atoms. The van der Waals surface area contributed by atoms with Crippen LogP contribution < -0.4 is 10.5 Å². The Morgan fingerprint density at radius 2 is 2.19 bits per heavy atom. The second-order valence-electron chi connectivity index (χ2n) is 4.07. The number of rotatable bonds is 4. The van der Waals surface area contributed by atoms with Gasteiger partial charge in [-0.25, -0.2) is 8.78 Å². The van der Waals surface area contributed by atoms with Gasteiger partial charge in [0.1, 0.15) is 5.75 Å². The molecule has 1 unspecified atom stereocenters. The van der Waals surface area contributed by atoms with Crippen LogP contribution in [-0.2, 0) is 12.8 Å². The lowest BCUT2D eigenvalue weighted by atomic mass is 9.98. The summed E-state index contributed by atoms with van der Waals surface area (Å²) in [6, 6.07) is 5.65. The molecule has 0 saturated heterocycles. The summed E-state index contributed by atoms with van der Waals surface area (Å²) in [5.41, 5.74) is 7.36. The van der Waals surface area contributed by atoms with E-state index in [-0.39, 0.29) is 6.54 Å². The number of fused-ring (bicyclic) bond motifs is 1. The third-order valence-electron chi connectivity index (χ3n) is 2.91. The van der Waals surface area contributed by atoms with Gasteiger partial charge in [0.2, 0.25) is 6.43 Å². The summed E-state index contributed by atoms with van der Waals surface area (Å²) < 4.78 is 30.5. The zero-order valence-corrected chi connectivity index (χ0v) is 8.96. The van der Waals surface area contributed by atoms with Crippen molar-refractivity contribution in [3.63, 3.8) is 0 Å². The Morgan fingerprint density at radius 1 is 1.38 bits per heavy atom. The third-order valence-corrected chi connectivity index (χ3v) is 2.91. The molecule has 1 heterocycles. The summed E-state index contributed by atoms with van der Waals surface area (Å²) >= 11 is 0. The Labute approximate surface area is 93.4 Å². The van der Waals surface area contributed by atoms with Crippen molar-refractivity contribution in [1.82, 2.24) is 0 Å². The third kappa shape index (κ3) is 2.32. The predicted octanol–water partition coefficient (Wildman–Crippen LogP) is 2.00. The molecule has 0 fully saturated rings. The van der Waals surface area contributed by atoms with Crippen molar-refractivity contribution in [2.45, 2.75) is 19.3 Å². The molecule has 0 spiro atoms. The highest BCUT2D eigenvalue weighted by Crippen LogP contribution is 2.27. The highest BCUT2D eigenvalue weighted by atomic mass is 19.3. The van der Waals surface area contributed by atoms with Gasteiger partial charge in [-0.2, -0.15) is 0 Å². The second-order valence-corrected chi connectivity index (χ2v) is 4.07. The molecule has 1 aliphatic heterocycles. The summed E-state index contributed by atoms with van der Waals surface area (Å²) in [5, 5.41) is 0. The van der Waals surface area contributed by atoms with Gasteiger partial charge >= 0.3 is 0 Å². The maximum atomic E-state index is 12.6. The average Bonchev–Trinajstić information content (AvgIpc) is 2.72. The van der Waals surface area contributed by atoms with E-state index in [0.29, 0.717) is 13.0 Å². The van der Waals surface area contributed by atoms with Crippen molar-refractivity contribution < 1.29 is 13.5 Å². The maximum absolute atomic E-state index is 12.6. The lowest BCUT2D eigenvalue weighted by molar-refractivity contribution is 0.0814. The monoisotopic (exact) mass is 227 g/mol. The number of benzene rings is 1. The first kappa shape index (κ1) is 11.3. The topological polar surface area (TPSA) is 35.2 Å². The fourth-order valence-corrected chi connectivity index (χ4v) is 1.94. The molecule has 0 aromatic heterocycles. The van der Waals surface area contributed by atoms with Crippen LogP contribution in [0, 0.1) is 5.92 Å². The van der Waals surface area contributed by atoms with Crippen molar-refractivity contribution in [2.75, 3.05) is 13.2 Å². The van der Waals surface area contributed by atoms with Crippen LogP contribution >= 0.6 is 0 Å². The first-order valence-electron chi connectivity index (χ1n) is 5.43. The van der Waals surface area contributed by atoms with Gasteiger partial charge < -0.3 is 10.5 Å². The van der Waals surface area contributed by atoms with Crippen LogP contribution in [-0.4, -0.2) is 19.6 Å². The SMILES string of the molecule is NCC(Cc1ccc2c(c1)CCO2)C(F)F. The number of hydrogen-bond acceptors (Lipinski definition) is 2. The van der Waals surface area contributed by atoms with Crippen molar-refractivity contribution in [2.24, 2.45) is 11.7 Å². The second kappa shape index (κ2) is 4.78.